The van der Waals surface area contributed by atoms with E-state index in [1.165, 1.54) is 0 Å². The van der Waals surface area contributed by atoms with Gasteiger partial charge in [-0.15, -0.1) is 0 Å². The summed E-state index contributed by atoms with van der Waals surface area (Å²) in [7, 11) is -3.95. The molecular formula is C22H38O5Si2. The molecule has 2 aliphatic heterocycles. The zero-order valence-electron chi connectivity index (χ0n) is 19.7. The van der Waals surface area contributed by atoms with Crippen molar-refractivity contribution in [2.45, 2.75) is 90.2 Å². The Morgan fingerprint density at radius 1 is 0.966 bits per heavy atom. The second-order valence-corrected chi connectivity index (χ2v) is 21.2. The molecule has 2 heterocycles. The lowest BCUT2D eigenvalue weighted by atomic mass is 9.84. The highest BCUT2D eigenvalue weighted by Gasteiger charge is 2.56. The zero-order valence-corrected chi connectivity index (χ0v) is 21.7. The first-order chi connectivity index (χ1) is 13.1. The van der Waals surface area contributed by atoms with E-state index in [9.17, 15) is 4.79 Å². The average molecular weight is 439 g/mol. The number of esters is 1. The topological polar surface area (TPSA) is 54.0 Å². The lowest BCUT2D eigenvalue weighted by Crippen LogP contribution is -2.49. The van der Waals surface area contributed by atoms with E-state index in [0.29, 0.717) is 12.2 Å². The maximum Gasteiger partial charge on any atom is 0.338 e. The minimum absolute atomic E-state index is 0.0240. The summed E-state index contributed by atoms with van der Waals surface area (Å²) < 4.78 is 24.8. The van der Waals surface area contributed by atoms with Crippen molar-refractivity contribution in [3.8, 4) is 0 Å². The first-order valence-electron chi connectivity index (χ1n) is 10.6. The predicted octanol–water partition coefficient (Wildman–Crippen LogP) is 5.37. The molecule has 4 atom stereocenters. The molecule has 5 nitrogen and oxygen atoms in total. The standard InChI is InChI=1S/C22H38O5Si2/c1-21(2,3)28(7,8)25-12-14-11-16-18-15(19(23)26-16)13-24-20(17(14)18)27-29(9,10)22(4,5)6/h11,13,16-18,20H,12H2,1-10H3/t16-,17+,18-,20-/m0/s1. The predicted molar refractivity (Wildman–Crippen MR) is 119 cm³/mol. The molecule has 1 aliphatic carbocycles. The summed E-state index contributed by atoms with van der Waals surface area (Å²) in [6, 6.07) is 0. The van der Waals surface area contributed by atoms with Crippen LogP contribution in [0.4, 0.5) is 0 Å². The minimum Gasteiger partial charge on any atom is -0.472 e. The second kappa shape index (κ2) is 7.07. The fourth-order valence-electron chi connectivity index (χ4n) is 3.55. The van der Waals surface area contributed by atoms with Gasteiger partial charge in [0.25, 0.3) is 0 Å². The number of ether oxygens (including phenoxy) is 2. The second-order valence-electron chi connectivity index (χ2n) is 11.7. The largest absolute Gasteiger partial charge is 0.472 e. The van der Waals surface area contributed by atoms with Gasteiger partial charge in [0.15, 0.2) is 22.9 Å². The molecule has 1 saturated heterocycles. The Balaban J connectivity index is 1.86. The third-order valence-electron chi connectivity index (χ3n) is 7.63. The fourth-order valence-corrected chi connectivity index (χ4v) is 5.65. The van der Waals surface area contributed by atoms with Crippen LogP contribution in [0.3, 0.4) is 0 Å². The lowest BCUT2D eigenvalue weighted by molar-refractivity contribution is -0.137. The molecule has 0 unspecified atom stereocenters. The Morgan fingerprint density at radius 3 is 2.10 bits per heavy atom. The van der Waals surface area contributed by atoms with E-state index in [2.05, 4.69) is 73.8 Å². The smallest absolute Gasteiger partial charge is 0.338 e. The third kappa shape index (κ3) is 4.03. The van der Waals surface area contributed by atoms with Crippen molar-refractivity contribution in [2.75, 3.05) is 6.61 Å². The van der Waals surface area contributed by atoms with Crippen LogP contribution in [-0.4, -0.2) is 41.6 Å². The number of rotatable bonds is 5. The molecule has 0 amide bonds. The van der Waals surface area contributed by atoms with Gasteiger partial charge in [-0.05, 0) is 47.9 Å². The van der Waals surface area contributed by atoms with Crippen LogP contribution in [0, 0.1) is 11.8 Å². The van der Waals surface area contributed by atoms with Crippen LogP contribution < -0.4 is 0 Å². The zero-order chi connectivity index (χ0) is 22.0. The molecule has 3 aliphatic rings. The lowest BCUT2D eigenvalue weighted by Gasteiger charge is -2.43. The van der Waals surface area contributed by atoms with Crippen molar-refractivity contribution in [3.63, 3.8) is 0 Å². The quantitative estimate of drug-likeness (QED) is 0.328. The van der Waals surface area contributed by atoms with Gasteiger partial charge in [0.1, 0.15) is 6.10 Å². The van der Waals surface area contributed by atoms with Crippen molar-refractivity contribution in [2.24, 2.45) is 11.8 Å². The van der Waals surface area contributed by atoms with Gasteiger partial charge >= 0.3 is 5.97 Å². The van der Waals surface area contributed by atoms with Crippen LogP contribution in [0.5, 0.6) is 0 Å². The number of hydrogen-bond acceptors (Lipinski definition) is 5. The summed E-state index contributed by atoms with van der Waals surface area (Å²) in [5.41, 5.74) is 1.78. The van der Waals surface area contributed by atoms with Gasteiger partial charge in [0, 0.05) is 5.92 Å². The van der Waals surface area contributed by atoms with Gasteiger partial charge in [-0.1, -0.05) is 41.5 Å². The third-order valence-corrected chi connectivity index (χ3v) is 16.5. The molecule has 0 radical (unpaired) electrons. The Hall–Kier alpha value is -0.896. The molecular weight excluding hydrogens is 400 g/mol. The molecule has 0 aromatic rings. The molecule has 0 saturated carbocycles. The summed E-state index contributed by atoms with van der Waals surface area (Å²) in [4.78, 5) is 12.2. The van der Waals surface area contributed by atoms with E-state index in [1.54, 1.807) is 6.26 Å². The minimum atomic E-state index is -2.05. The monoisotopic (exact) mass is 438 g/mol. The number of hydrogen-bond donors (Lipinski definition) is 0. The van der Waals surface area contributed by atoms with E-state index in [4.69, 9.17) is 18.3 Å². The van der Waals surface area contributed by atoms with Gasteiger partial charge in [0.2, 0.25) is 0 Å². The van der Waals surface area contributed by atoms with Crippen molar-refractivity contribution in [3.05, 3.63) is 23.5 Å². The Labute approximate surface area is 178 Å². The Kier molecular flexibility index (Phi) is 5.56. The molecule has 0 spiro atoms. The summed E-state index contributed by atoms with van der Waals surface area (Å²) in [5, 5.41) is 0.210. The maximum atomic E-state index is 12.2. The molecule has 1 fully saturated rings. The Morgan fingerprint density at radius 2 is 1.55 bits per heavy atom. The van der Waals surface area contributed by atoms with Crippen LogP contribution in [-0.2, 0) is 23.1 Å². The van der Waals surface area contributed by atoms with Gasteiger partial charge in [-0.3, -0.25) is 0 Å². The van der Waals surface area contributed by atoms with Gasteiger partial charge in [-0.25, -0.2) is 4.79 Å². The normalized spacial score (nSPS) is 29.8. The van der Waals surface area contributed by atoms with E-state index in [-0.39, 0.29) is 34.0 Å². The number of carbonyl (C=O) groups excluding carboxylic acids is 1. The first kappa shape index (κ1) is 22.8. The highest BCUT2D eigenvalue weighted by atomic mass is 28.4. The first-order valence-corrected chi connectivity index (χ1v) is 16.5. The van der Waals surface area contributed by atoms with Crippen LogP contribution in [0.15, 0.2) is 23.5 Å². The Bertz CT molecular complexity index is 739. The van der Waals surface area contributed by atoms with Crippen LogP contribution >= 0.6 is 0 Å². The molecule has 0 bridgehead atoms. The highest BCUT2D eigenvalue weighted by Crippen LogP contribution is 2.51. The van der Waals surface area contributed by atoms with E-state index < -0.39 is 22.9 Å². The molecule has 7 heteroatoms. The number of carbonyl (C=O) groups is 1. The van der Waals surface area contributed by atoms with Crippen molar-refractivity contribution >= 4 is 22.6 Å². The van der Waals surface area contributed by atoms with E-state index >= 15 is 0 Å². The van der Waals surface area contributed by atoms with E-state index in [1.807, 2.05) is 0 Å². The molecule has 29 heavy (non-hydrogen) atoms. The van der Waals surface area contributed by atoms with Gasteiger partial charge in [-0.2, -0.15) is 0 Å². The molecule has 0 N–H and O–H groups in total. The fraction of sp³-hybridized carbons (Fsp3) is 0.773. The van der Waals surface area contributed by atoms with Crippen LogP contribution in [0.25, 0.3) is 0 Å². The molecule has 0 aromatic heterocycles. The molecule has 164 valence electrons. The molecule has 0 aromatic carbocycles. The van der Waals surface area contributed by atoms with Gasteiger partial charge in [0.05, 0.1) is 24.4 Å². The summed E-state index contributed by atoms with van der Waals surface area (Å²) in [5.74, 6) is -0.328. The summed E-state index contributed by atoms with van der Waals surface area (Å²) >= 11 is 0. The van der Waals surface area contributed by atoms with Crippen molar-refractivity contribution in [1.29, 1.82) is 0 Å². The van der Waals surface area contributed by atoms with Gasteiger partial charge < -0.3 is 18.3 Å². The average Bonchev–Trinajstić information content (AvgIpc) is 3.04. The van der Waals surface area contributed by atoms with Crippen LogP contribution in [0.2, 0.25) is 36.3 Å². The highest BCUT2D eigenvalue weighted by molar-refractivity contribution is 6.74. The van der Waals surface area contributed by atoms with Crippen molar-refractivity contribution < 1.29 is 23.1 Å². The maximum absolute atomic E-state index is 12.2. The van der Waals surface area contributed by atoms with Crippen LogP contribution in [0.1, 0.15) is 41.5 Å². The SMILES string of the molecule is CC(C)(C)[Si](C)(C)OCC1=C[C@@H]2OC(=O)C3=CO[C@@H](O[Si](C)(C)C(C)(C)C)[C@H]1[C@@H]32. The summed E-state index contributed by atoms with van der Waals surface area (Å²) in [6.07, 6.45) is 3.02. The van der Waals surface area contributed by atoms with Crippen molar-refractivity contribution in [1.82, 2.24) is 0 Å². The van der Waals surface area contributed by atoms with E-state index in [0.717, 1.165) is 5.57 Å². The summed E-state index contributed by atoms with van der Waals surface area (Å²) in [6.45, 7) is 22.9. The molecule has 3 rings (SSSR count).